The smallest absolute Gasteiger partial charge is 0.123 e. The van der Waals surface area contributed by atoms with Gasteiger partial charge in [-0.2, -0.15) is 0 Å². The highest BCUT2D eigenvalue weighted by Gasteiger charge is 2.35. The maximum Gasteiger partial charge on any atom is 0.123 e. The summed E-state index contributed by atoms with van der Waals surface area (Å²) in [7, 11) is 0. The van der Waals surface area contributed by atoms with Crippen molar-refractivity contribution < 1.29 is 9.50 Å². The Hall–Kier alpha value is -0.930. The van der Waals surface area contributed by atoms with Crippen LogP contribution in [0.5, 0.6) is 0 Å². The van der Waals surface area contributed by atoms with E-state index < -0.39 is 0 Å². The van der Waals surface area contributed by atoms with E-state index in [4.69, 9.17) is 5.11 Å². The highest BCUT2D eigenvalue weighted by Crippen LogP contribution is 2.36. The Morgan fingerprint density at radius 1 is 1.25 bits per heavy atom. The molecule has 3 heteroatoms. The molecule has 1 aliphatic rings. The van der Waals surface area contributed by atoms with Crippen molar-refractivity contribution >= 4 is 0 Å². The zero-order chi connectivity index (χ0) is 11.4. The third kappa shape index (κ3) is 3.29. The zero-order valence-electron chi connectivity index (χ0n) is 9.32. The predicted octanol–water partition coefficient (Wildman–Crippen LogP) is 1.59. The third-order valence-corrected chi connectivity index (χ3v) is 3.21. The van der Waals surface area contributed by atoms with Crippen molar-refractivity contribution in [1.82, 2.24) is 5.32 Å². The molecular formula is C13H18FNO. The molecule has 2 N–H and O–H groups in total. The lowest BCUT2D eigenvalue weighted by Crippen LogP contribution is -2.20. The van der Waals surface area contributed by atoms with Gasteiger partial charge in [-0.25, -0.2) is 4.39 Å². The molecule has 2 unspecified atom stereocenters. The molecule has 1 aliphatic carbocycles. The van der Waals surface area contributed by atoms with Gasteiger partial charge in [0.25, 0.3) is 0 Å². The Morgan fingerprint density at radius 2 is 2.00 bits per heavy atom. The van der Waals surface area contributed by atoms with Crippen molar-refractivity contribution in [3.05, 3.63) is 35.6 Å². The summed E-state index contributed by atoms with van der Waals surface area (Å²) in [5.74, 6) is 1.01. The number of halogens is 1. The Bertz CT molecular complexity index is 325. The molecular weight excluding hydrogens is 205 g/mol. The molecule has 88 valence electrons. The number of hydrogen-bond donors (Lipinski definition) is 2. The average Bonchev–Trinajstić information content (AvgIpc) is 3.05. The van der Waals surface area contributed by atoms with Crippen molar-refractivity contribution in [2.45, 2.75) is 12.8 Å². The molecule has 0 radical (unpaired) electrons. The maximum absolute atomic E-state index is 12.6. The van der Waals surface area contributed by atoms with Crippen LogP contribution in [-0.4, -0.2) is 24.8 Å². The van der Waals surface area contributed by atoms with Gasteiger partial charge in [-0.3, -0.25) is 0 Å². The molecule has 2 atom stereocenters. The minimum absolute atomic E-state index is 0.180. The minimum atomic E-state index is -0.180. The summed E-state index contributed by atoms with van der Waals surface area (Å²) >= 11 is 0. The summed E-state index contributed by atoms with van der Waals surface area (Å²) in [4.78, 5) is 0. The van der Waals surface area contributed by atoms with E-state index >= 15 is 0 Å². The van der Waals surface area contributed by atoms with E-state index in [9.17, 15) is 4.39 Å². The van der Waals surface area contributed by atoms with Gasteiger partial charge in [0.05, 0.1) is 0 Å². The molecule has 0 bridgehead atoms. The van der Waals surface area contributed by atoms with Gasteiger partial charge in [-0.1, -0.05) is 12.1 Å². The second-order valence-electron chi connectivity index (χ2n) is 4.52. The SMILES string of the molecule is OCC1CC1CNCCc1ccc(F)cc1. The molecule has 0 aromatic heterocycles. The molecule has 0 aliphatic heterocycles. The average molecular weight is 223 g/mol. The molecule has 16 heavy (non-hydrogen) atoms. The van der Waals surface area contributed by atoms with Gasteiger partial charge in [0, 0.05) is 6.61 Å². The molecule has 0 heterocycles. The van der Waals surface area contributed by atoms with Crippen LogP contribution in [0.3, 0.4) is 0 Å². The lowest BCUT2D eigenvalue weighted by Gasteiger charge is -2.04. The van der Waals surface area contributed by atoms with E-state index in [0.717, 1.165) is 31.5 Å². The van der Waals surface area contributed by atoms with Crippen LogP contribution in [0.1, 0.15) is 12.0 Å². The molecule has 0 amide bonds. The highest BCUT2D eigenvalue weighted by atomic mass is 19.1. The third-order valence-electron chi connectivity index (χ3n) is 3.21. The van der Waals surface area contributed by atoms with Crippen molar-refractivity contribution in [2.75, 3.05) is 19.7 Å². The van der Waals surface area contributed by atoms with E-state index in [1.54, 1.807) is 0 Å². The first-order chi connectivity index (χ1) is 7.79. The van der Waals surface area contributed by atoms with Gasteiger partial charge < -0.3 is 10.4 Å². The van der Waals surface area contributed by atoms with E-state index in [0.29, 0.717) is 18.4 Å². The van der Waals surface area contributed by atoms with Gasteiger partial charge in [0.2, 0.25) is 0 Å². The van der Waals surface area contributed by atoms with E-state index in [1.165, 1.54) is 12.1 Å². The maximum atomic E-state index is 12.6. The second-order valence-corrected chi connectivity index (χ2v) is 4.52. The van der Waals surface area contributed by atoms with Crippen molar-refractivity contribution in [1.29, 1.82) is 0 Å². The first-order valence-electron chi connectivity index (χ1n) is 5.85. The van der Waals surface area contributed by atoms with Crippen LogP contribution >= 0.6 is 0 Å². The normalized spacial score (nSPS) is 23.4. The summed E-state index contributed by atoms with van der Waals surface area (Å²) in [6.07, 6.45) is 2.08. The summed E-state index contributed by atoms with van der Waals surface area (Å²) < 4.78 is 12.6. The fourth-order valence-corrected chi connectivity index (χ4v) is 1.96. The first-order valence-corrected chi connectivity index (χ1v) is 5.85. The summed E-state index contributed by atoms with van der Waals surface area (Å²) in [6.45, 7) is 2.23. The molecule has 1 fully saturated rings. The van der Waals surface area contributed by atoms with Gasteiger partial charge in [0.1, 0.15) is 5.82 Å². The lowest BCUT2D eigenvalue weighted by atomic mass is 10.1. The summed E-state index contributed by atoms with van der Waals surface area (Å²) in [6, 6.07) is 6.64. The molecule has 1 aromatic rings. The van der Waals surface area contributed by atoms with E-state index in [2.05, 4.69) is 5.32 Å². The van der Waals surface area contributed by atoms with Crippen molar-refractivity contribution in [3.63, 3.8) is 0 Å². The second kappa shape index (κ2) is 5.41. The van der Waals surface area contributed by atoms with Gasteiger partial charge in [0.15, 0.2) is 0 Å². The van der Waals surface area contributed by atoms with Crippen LogP contribution in [0.4, 0.5) is 4.39 Å². The van der Waals surface area contributed by atoms with Crippen molar-refractivity contribution in [3.8, 4) is 0 Å². The quantitative estimate of drug-likeness (QED) is 0.718. The number of hydrogen-bond acceptors (Lipinski definition) is 2. The number of nitrogens with one attached hydrogen (secondary N) is 1. The molecule has 2 rings (SSSR count). The van der Waals surface area contributed by atoms with Gasteiger partial charge in [-0.15, -0.1) is 0 Å². The van der Waals surface area contributed by atoms with Crippen LogP contribution in [0.25, 0.3) is 0 Å². The first kappa shape index (κ1) is 11.6. The van der Waals surface area contributed by atoms with Crippen LogP contribution in [0.2, 0.25) is 0 Å². The fourth-order valence-electron chi connectivity index (χ4n) is 1.96. The molecule has 1 aromatic carbocycles. The number of aliphatic hydroxyl groups is 1. The summed E-state index contributed by atoms with van der Waals surface area (Å²) in [5, 5.41) is 12.2. The zero-order valence-corrected chi connectivity index (χ0v) is 9.32. The lowest BCUT2D eigenvalue weighted by molar-refractivity contribution is 0.268. The topological polar surface area (TPSA) is 32.3 Å². The van der Waals surface area contributed by atoms with Gasteiger partial charge in [-0.05, 0) is 55.5 Å². The minimum Gasteiger partial charge on any atom is -0.396 e. The predicted molar refractivity (Wildman–Crippen MR) is 61.7 cm³/mol. The van der Waals surface area contributed by atoms with E-state index in [1.807, 2.05) is 12.1 Å². The molecule has 0 saturated heterocycles. The summed E-state index contributed by atoms with van der Waals surface area (Å²) in [5.41, 5.74) is 1.16. The van der Waals surface area contributed by atoms with Crippen LogP contribution in [0, 0.1) is 17.7 Å². The highest BCUT2D eigenvalue weighted by molar-refractivity contribution is 5.16. The Labute approximate surface area is 95.5 Å². The largest absolute Gasteiger partial charge is 0.396 e. The Balaban J connectivity index is 1.59. The number of benzene rings is 1. The molecule has 1 saturated carbocycles. The monoisotopic (exact) mass is 223 g/mol. The van der Waals surface area contributed by atoms with Crippen LogP contribution in [-0.2, 0) is 6.42 Å². The molecule has 0 spiro atoms. The molecule has 2 nitrogen and oxygen atoms in total. The number of aliphatic hydroxyl groups excluding tert-OH is 1. The van der Waals surface area contributed by atoms with Crippen LogP contribution in [0.15, 0.2) is 24.3 Å². The van der Waals surface area contributed by atoms with Crippen LogP contribution < -0.4 is 5.32 Å². The van der Waals surface area contributed by atoms with E-state index in [-0.39, 0.29) is 5.82 Å². The fraction of sp³-hybridized carbons (Fsp3) is 0.538. The standard InChI is InChI=1S/C13H18FNO/c14-13-3-1-10(2-4-13)5-6-15-8-11-7-12(11)9-16/h1-4,11-12,15-16H,5-9H2. The van der Waals surface area contributed by atoms with Gasteiger partial charge >= 0.3 is 0 Å². The Kier molecular flexibility index (Phi) is 3.91. The Morgan fingerprint density at radius 3 is 2.62 bits per heavy atom. The van der Waals surface area contributed by atoms with Crippen molar-refractivity contribution in [2.24, 2.45) is 11.8 Å². The number of rotatable bonds is 6.